The summed E-state index contributed by atoms with van der Waals surface area (Å²) in [6.07, 6.45) is 5.90. The molecular weight excluding hydrogens is 1760 g/mol. The molecule has 14 aromatic carbocycles. The fourth-order valence-electron chi connectivity index (χ4n) is 15.8. The van der Waals surface area contributed by atoms with E-state index in [1.807, 2.05) is 127 Å². The molecule has 0 bridgehead atoms. The molecule has 1 aliphatic rings. The molecule has 6 heterocycles. The van der Waals surface area contributed by atoms with Gasteiger partial charge in [-0.15, -0.1) is 0 Å². The monoisotopic (exact) mass is 1830 g/mol. The van der Waals surface area contributed by atoms with Crippen LogP contribution in [0.15, 0.2) is 345 Å². The van der Waals surface area contributed by atoms with Gasteiger partial charge in [0.2, 0.25) is 0 Å². The van der Waals surface area contributed by atoms with Crippen LogP contribution in [0.4, 0.5) is 0 Å². The molecule has 2 unspecified atom stereocenters. The van der Waals surface area contributed by atoms with Gasteiger partial charge < -0.3 is 18.7 Å². The highest BCUT2D eigenvalue weighted by Crippen LogP contribution is 2.45. The molecule has 0 radical (unpaired) electrons. The normalized spacial score (nSPS) is 13.5. The van der Waals surface area contributed by atoms with Crippen molar-refractivity contribution in [2.75, 3.05) is 0 Å². The minimum absolute atomic E-state index is 0. The first-order chi connectivity index (χ1) is 55.4. The summed E-state index contributed by atoms with van der Waals surface area (Å²) in [4.78, 5) is 33.2. The van der Waals surface area contributed by atoms with Gasteiger partial charge >= 0.3 is 0 Å². The number of halogens is 5. The van der Waals surface area contributed by atoms with Crippen LogP contribution in [0.1, 0.15) is 41.0 Å². The zero-order valence-corrected chi connectivity index (χ0v) is 70.1. The van der Waals surface area contributed by atoms with E-state index in [0.717, 1.165) is 102 Å². The van der Waals surface area contributed by atoms with Crippen LogP contribution >= 0.6 is 86.3 Å². The topological polar surface area (TPSA) is 108 Å². The van der Waals surface area contributed by atoms with Crippen molar-refractivity contribution in [1.29, 1.82) is 0 Å². The number of hydrogen-bond donors (Lipinski definition) is 1. The summed E-state index contributed by atoms with van der Waals surface area (Å²) in [6.45, 7) is 4.76. The largest absolute Gasteiger partial charge is 0.354 e. The maximum atomic E-state index is 4.96. The highest BCUT2D eigenvalue weighted by Gasteiger charge is 2.24. The molecule has 15 heteroatoms. The van der Waals surface area contributed by atoms with Crippen LogP contribution in [-0.4, -0.2) is 48.6 Å². The number of H-pyrrole nitrogens is 1. The summed E-state index contributed by atoms with van der Waals surface area (Å²) in [7, 11) is 0. The molecule has 10 nitrogen and oxygen atoms in total. The zero-order valence-electron chi connectivity index (χ0n) is 61.6. The minimum Gasteiger partial charge on any atom is -0.354 e. The molecule has 1 saturated carbocycles. The van der Waals surface area contributed by atoms with Gasteiger partial charge in [-0.1, -0.05) is 310 Å². The predicted octanol–water partition coefficient (Wildman–Crippen LogP) is 29.1. The van der Waals surface area contributed by atoms with Gasteiger partial charge in [0.1, 0.15) is 0 Å². The first-order valence-corrected chi connectivity index (χ1v) is 42.1. The fourth-order valence-corrected chi connectivity index (χ4v) is 19.9. The summed E-state index contributed by atoms with van der Waals surface area (Å²) in [6, 6.07) is 114. The van der Waals surface area contributed by atoms with Crippen molar-refractivity contribution in [3.8, 4) is 85.4 Å². The third-order valence-electron chi connectivity index (χ3n) is 21.4. The molecule has 0 spiro atoms. The van der Waals surface area contributed by atoms with Gasteiger partial charge in [-0.25, -0.2) is 29.9 Å². The number of nitrogens with zero attached hydrogens (tertiary/aromatic N) is 9. The SMILES string of the molecule is Brc1cc(Br)cc(-n2c3ccccc3c3ccc4c(c5ccccc5n4-c4ccc(-c5nc(-c6ccccc6)nc(-c6ccccc6)n5)cc4)c32)c1.Brc1cc(Br)cc(I)c1.CC1CCCCC1C.[HH].c1ccc(-c2nc(-c3ccccc3)nc(-c3ccc(-n4c5ccccc5c5c6[nH]c7ccccc7c6ccc54)cc3)n2)cc1. The lowest BCUT2D eigenvalue weighted by atomic mass is 9.82. The number of hydrogen-bond acceptors (Lipinski definition) is 6. The van der Waals surface area contributed by atoms with Gasteiger partial charge in [0.15, 0.2) is 34.9 Å². The van der Waals surface area contributed by atoms with E-state index < -0.39 is 0 Å². The second-order valence-corrected chi connectivity index (χ2v) is 33.5. The van der Waals surface area contributed by atoms with E-state index in [1.54, 1.807) is 0 Å². The van der Waals surface area contributed by atoms with Crippen molar-refractivity contribution in [2.24, 2.45) is 11.8 Å². The number of fused-ring (bicyclic) bond motifs is 14. The lowest BCUT2D eigenvalue weighted by molar-refractivity contribution is 0.277. The van der Waals surface area contributed by atoms with Crippen LogP contribution in [0.25, 0.3) is 173 Å². The quantitative estimate of drug-likeness (QED) is 0.144. The Balaban J connectivity index is 0.000000136. The molecule has 1 N–H and O–H groups in total. The summed E-state index contributed by atoms with van der Waals surface area (Å²) in [5.41, 5.74) is 18.2. The molecular formula is C98H73Br4IN10. The van der Waals surface area contributed by atoms with Crippen molar-refractivity contribution in [3.05, 3.63) is 349 Å². The average Bonchev–Trinajstić information content (AvgIpc) is 1.55. The van der Waals surface area contributed by atoms with E-state index in [1.165, 1.54) is 94.4 Å². The average molecular weight is 1840 g/mol. The molecule has 113 heavy (non-hydrogen) atoms. The molecule has 2 atom stereocenters. The smallest absolute Gasteiger partial charge is 0.164 e. The number of rotatable bonds is 9. The van der Waals surface area contributed by atoms with Crippen molar-refractivity contribution in [3.63, 3.8) is 0 Å². The number of aromatic nitrogens is 10. The van der Waals surface area contributed by atoms with E-state index in [2.05, 4.69) is 319 Å². The number of nitrogens with one attached hydrogen (secondary N) is 1. The van der Waals surface area contributed by atoms with Gasteiger partial charge in [0.25, 0.3) is 0 Å². The highest BCUT2D eigenvalue weighted by atomic mass is 127. The Hall–Kier alpha value is -11.1. The van der Waals surface area contributed by atoms with E-state index in [9.17, 15) is 0 Å². The van der Waals surface area contributed by atoms with Crippen LogP contribution in [0.5, 0.6) is 0 Å². The molecule has 20 aromatic rings. The summed E-state index contributed by atoms with van der Waals surface area (Å²) >= 11 is 16.5. The minimum atomic E-state index is 0. The summed E-state index contributed by atoms with van der Waals surface area (Å²) in [5.74, 6) is 5.89. The molecule has 550 valence electrons. The Morgan fingerprint density at radius 3 is 1.05 bits per heavy atom. The molecule has 1 aliphatic carbocycles. The summed E-state index contributed by atoms with van der Waals surface area (Å²) in [5, 5.41) is 9.79. The maximum Gasteiger partial charge on any atom is 0.164 e. The van der Waals surface area contributed by atoms with Crippen LogP contribution in [-0.2, 0) is 0 Å². The molecule has 21 rings (SSSR count). The van der Waals surface area contributed by atoms with E-state index in [-0.39, 0.29) is 1.43 Å². The molecule has 0 saturated heterocycles. The van der Waals surface area contributed by atoms with Crippen LogP contribution in [0.3, 0.4) is 0 Å². The molecule has 1 fully saturated rings. The lowest BCUT2D eigenvalue weighted by Crippen LogP contribution is -2.12. The third-order valence-corrected chi connectivity index (χ3v) is 23.9. The van der Waals surface area contributed by atoms with E-state index in [4.69, 9.17) is 29.9 Å². The Morgan fingerprint density at radius 2 is 0.637 bits per heavy atom. The van der Waals surface area contributed by atoms with Gasteiger partial charge in [-0.3, -0.25) is 0 Å². The van der Waals surface area contributed by atoms with Gasteiger partial charge in [-0.2, -0.15) is 0 Å². The fraction of sp³-hybridized carbons (Fsp3) is 0.0816. The first-order valence-electron chi connectivity index (χ1n) is 37.8. The van der Waals surface area contributed by atoms with Crippen LogP contribution in [0.2, 0.25) is 0 Å². The zero-order chi connectivity index (χ0) is 76.6. The molecule has 0 aliphatic heterocycles. The second kappa shape index (κ2) is 32.2. The van der Waals surface area contributed by atoms with Gasteiger partial charge in [0.05, 0.1) is 38.6 Å². The Labute approximate surface area is 702 Å². The number of para-hydroxylation sites is 4. The Bertz CT molecular complexity index is 6720. The van der Waals surface area contributed by atoms with E-state index >= 15 is 0 Å². The molecule has 6 aromatic heterocycles. The van der Waals surface area contributed by atoms with E-state index in [0.29, 0.717) is 34.9 Å². The van der Waals surface area contributed by atoms with Crippen molar-refractivity contribution < 1.29 is 1.43 Å². The third kappa shape index (κ3) is 14.9. The van der Waals surface area contributed by atoms with Gasteiger partial charge in [0, 0.05) is 122 Å². The molecule has 0 amide bonds. The summed E-state index contributed by atoms with van der Waals surface area (Å²) < 4.78 is 12.6. The highest BCUT2D eigenvalue weighted by molar-refractivity contribution is 14.1. The van der Waals surface area contributed by atoms with Gasteiger partial charge in [-0.05, 0) is 156 Å². The lowest BCUT2D eigenvalue weighted by Gasteiger charge is -2.24. The van der Waals surface area contributed by atoms with Crippen molar-refractivity contribution >= 4 is 174 Å². The Kier molecular flexibility index (Phi) is 20.9. The maximum absolute atomic E-state index is 4.96. The predicted molar refractivity (Wildman–Crippen MR) is 494 cm³/mol. The van der Waals surface area contributed by atoms with Crippen molar-refractivity contribution in [2.45, 2.75) is 39.5 Å². The number of benzene rings is 14. The van der Waals surface area contributed by atoms with Crippen LogP contribution in [0, 0.1) is 15.4 Å². The van der Waals surface area contributed by atoms with Crippen LogP contribution < -0.4 is 0 Å². The number of aromatic amines is 1. The van der Waals surface area contributed by atoms with Crippen molar-refractivity contribution in [1.82, 2.24) is 48.6 Å². The second-order valence-electron chi connectivity index (χ2n) is 28.6. The standard InChI is InChI=1S/C45H27Br2N5.C39H25N5.C8H16.C6H3Br2I.H2/c46-31-25-32(47)27-34(26-31)52-38-17-9-7-15-35(38)36-23-24-40-41(42(36)52)37-16-8-10-18-39(37)51(40)33-21-19-30(20-22-33)45-49-43(28-11-3-1-4-12-28)48-44(50-45)29-13-5-2-6-14-29;1-3-11-25(12-4-1)37-41-38(26-13-5-2-6-14-26)43-39(42-37)27-19-21-28(22-20-27)44-33-18-10-8-16-31(33)35-34(44)24-23-30-29-15-7-9-17-32(29)40-36(30)35;1-7-5-3-4-6-8(7)2;7-4-1-5(8)3-6(9)2-4;/h1-27H;1-24,40H;7-8H,3-6H2,1-2H3;1-3H;1H. The first kappa shape index (κ1) is 73.4. The Morgan fingerprint density at radius 1 is 0.301 bits per heavy atom.